The van der Waals surface area contributed by atoms with Gasteiger partial charge in [-0.2, -0.15) is 0 Å². The van der Waals surface area contributed by atoms with Crippen LogP contribution in [0.25, 0.3) is 0 Å². The monoisotopic (exact) mass is 252 g/mol. The molecule has 4 nitrogen and oxygen atoms in total. The van der Waals surface area contributed by atoms with Crippen molar-refractivity contribution >= 4 is 0 Å². The van der Waals surface area contributed by atoms with E-state index >= 15 is 0 Å². The smallest absolute Gasteiger partial charge is 0.142 e. The van der Waals surface area contributed by atoms with E-state index in [1.54, 1.807) is 13.3 Å². The lowest BCUT2D eigenvalue weighted by molar-refractivity contribution is -0.0658. The fourth-order valence-corrected chi connectivity index (χ4v) is 2.33. The Morgan fingerprint density at radius 2 is 2.00 bits per heavy atom. The Bertz CT molecular complexity index is 365. The van der Waals surface area contributed by atoms with Crippen LogP contribution in [0.2, 0.25) is 0 Å². The van der Waals surface area contributed by atoms with Crippen LogP contribution in [0.15, 0.2) is 18.3 Å². The second-order valence-electron chi connectivity index (χ2n) is 4.27. The molecule has 0 amide bonds. The van der Waals surface area contributed by atoms with Crippen molar-refractivity contribution in [2.45, 2.75) is 45.3 Å². The van der Waals surface area contributed by atoms with E-state index in [0.29, 0.717) is 6.61 Å². The summed E-state index contributed by atoms with van der Waals surface area (Å²) in [5.41, 5.74) is 6.77. The summed E-state index contributed by atoms with van der Waals surface area (Å²) < 4.78 is 11.3. The van der Waals surface area contributed by atoms with Crippen molar-refractivity contribution in [3.8, 4) is 5.75 Å². The number of methoxy groups -OCH3 is 1. The van der Waals surface area contributed by atoms with E-state index < -0.39 is 0 Å². The molecule has 0 spiro atoms. The zero-order chi connectivity index (χ0) is 13.6. The molecule has 1 aromatic heterocycles. The Labute approximate surface area is 110 Å². The molecule has 4 heteroatoms. The number of nitrogens with two attached hydrogens (primary N) is 1. The van der Waals surface area contributed by atoms with Crippen LogP contribution in [0.5, 0.6) is 5.75 Å². The predicted molar refractivity (Wildman–Crippen MR) is 72.7 cm³/mol. The molecule has 0 radical (unpaired) electrons. The van der Waals surface area contributed by atoms with E-state index in [9.17, 15) is 0 Å². The molecule has 0 bridgehead atoms. The molecular formula is C14H24N2O2. The standard InChI is InChI=1S/C14H24N2O2/c1-5-14(6-2,18-7-3)13(15)12-11(17-4)9-8-10-16-12/h8-10,13H,5-7,15H2,1-4H3. The fourth-order valence-electron chi connectivity index (χ4n) is 2.33. The normalized spacial score (nSPS) is 13.4. The van der Waals surface area contributed by atoms with Crippen LogP contribution in [-0.4, -0.2) is 24.3 Å². The van der Waals surface area contributed by atoms with Crippen LogP contribution in [-0.2, 0) is 4.74 Å². The van der Waals surface area contributed by atoms with Crippen molar-refractivity contribution in [3.05, 3.63) is 24.0 Å². The number of rotatable bonds is 7. The van der Waals surface area contributed by atoms with Gasteiger partial charge in [-0.15, -0.1) is 0 Å². The summed E-state index contributed by atoms with van der Waals surface area (Å²) in [6, 6.07) is 3.43. The second-order valence-corrected chi connectivity index (χ2v) is 4.27. The second kappa shape index (κ2) is 6.71. The number of pyridine rings is 1. The Kier molecular flexibility index (Phi) is 5.56. The minimum absolute atomic E-state index is 0.288. The van der Waals surface area contributed by atoms with Gasteiger partial charge in [0.1, 0.15) is 11.4 Å². The number of aromatic nitrogens is 1. The van der Waals surface area contributed by atoms with Crippen LogP contribution in [0.3, 0.4) is 0 Å². The van der Waals surface area contributed by atoms with Crippen molar-refractivity contribution in [1.29, 1.82) is 0 Å². The molecule has 0 fully saturated rings. The lowest BCUT2D eigenvalue weighted by Gasteiger charge is -2.37. The van der Waals surface area contributed by atoms with Gasteiger partial charge in [0.15, 0.2) is 0 Å². The Morgan fingerprint density at radius 3 is 2.50 bits per heavy atom. The highest BCUT2D eigenvalue weighted by molar-refractivity contribution is 5.31. The molecule has 0 aromatic carbocycles. The maximum atomic E-state index is 6.39. The van der Waals surface area contributed by atoms with E-state index in [1.807, 2.05) is 19.1 Å². The third-order valence-electron chi connectivity index (χ3n) is 3.51. The molecule has 102 valence electrons. The van der Waals surface area contributed by atoms with Gasteiger partial charge in [0, 0.05) is 12.8 Å². The topological polar surface area (TPSA) is 57.4 Å². The number of ether oxygens (including phenoxy) is 2. The molecule has 0 saturated carbocycles. The van der Waals surface area contributed by atoms with E-state index in [2.05, 4.69) is 18.8 Å². The third-order valence-corrected chi connectivity index (χ3v) is 3.51. The molecule has 1 heterocycles. The maximum absolute atomic E-state index is 6.39. The molecule has 0 aliphatic heterocycles. The molecule has 18 heavy (non-hydrogen) atoms. The summed E-state index contributed by atoms with van der Waals surface area (Å²) in [6.45, 7) is 6.82. The highest BCUT2D eigenvalue weighted by atomic mass is 16.5. The average molecular weight is 252 g/mol. The lowest BCUT2D eigenvalue weighted by atomic mass is 9.86. The molecule has 0 saturated heterocycles. The van der Waals surface area contributed by atoms with Crippen molar-refractivity contribution in [2.24, 2.45) is 5.73 Å². The molecule has 1 atom stereocenters. The van der Waals surface area contributed by atoms with Crippen LogP contribution < -0.4 is 10.5 Å². The van der Waals surface area contributed by atoms with Gasteiger partial charge in [0.05, 0.1) is 18.8 Å². The van der Waals surface area contributed by atoms with Gasteiger partial charge in [-0.25, -0.2) is 0 Å². The highest BCUT2D eigenvalue weighted by Crippen LogP contribution is 2.36. The molecule has 1 aromatic rings. The zero-order valence-corrected chi connectivity index (χ0v) is 11.8. The molecular weight excluding hydrogens is 228 g/mol. The van der Waals surface area contributed by atoms with Gasteiger partial charge in [-0.05, 0) is 31.9 Å². The minimum Gasteiger partial charge on any atom is -0.495 e. The first-order valence-corrected chi connectivity index (χ1v) is 6.53. The van der Waals surface area contributed by atoms with Crippen LogP contribution >= 0.6 is 0 Å². The van der Waals surface area contributed by atoms with E-state index in [-0.39, 0.29) is 11.6 Å². The summed E-state index contributed by atoms with van der Waals surface area (Å²) in [4.78, 5) is 4.36. The zero-order valence-electron chi connectivity index (χ0n) is 11.8. The first kappa shape index (κ1) is 14.9. The SMILES string of the molecule is CCOC(CC)(CC)C(N)c1ncccc1OC. The van der Waals surface area contributed by atoms with Crippen molar-refractivity contribution in [2.75, 3.05) is 13.7 Å². The lowest BCUT2D eigenvalue weighted by Crippen LogP contribution is -2.43. The maximum Gasteiger partial charge on any atom is 0.142 e. The molecule has 1 unspecified atom stereocenters. The predicted octanol–water partition coefficient (Wildman–Crippen LogP) is 2.69. The van der Waals surface area contributed by atoms with Crippen molar-refractivity contribution in [1.82, 2.24) is 4.98 Å². The summed E-state index contributed by atoms with van der Waals surface area (Å²) in [6.07, 6.45) is 3.43. The van der Waals surface area contributed by atoms with Crippen LogP contribution in [0, 0.1) is 0 Å². The van der Waals surface area contributed by atoms with E-state index in [0.717, 1.165) is 24.3 Å². The molecule has 2 N–H and O–H groups in total. The fraction of sp³-hybridized carbons (Fsp3) is 0.643. The highest BCUT2D eigenvalue weighted by Gasteiger charge is 2.37. The molecule has 0 aliphatic carbocycles. The Morgan fingerprint density at radius 1 is 1.33 bits per heavy atom. The van der Waals surface area contributed by atoms with Crippen molar-refractivity contribution < 1.29 is 9.47 Å². The van der Waals surface area contributed by atoms with E-state index in [4.69, 9.17) is 15.2 Å². The quantitative estimate of drug-likeness (QED) is 0.810. The summed E-state index contributed by atoms with van der Waals surface area (Å²) in [5, 5.41) is 0. The van der Waals surface area contributed by atoms with Gasteiger partial charge in [0.2, 0.25) is 0 Å². The first-order chi connectivity index (χ1) is 8.65. The number of hydrogen-bond acceptors (Lipinski definition) is 4. The Hall–Kier alpha value is -1.13. The first-order valence-electron chi connectivity index (χ1n) is 6.53. The largest absolute Gasteiger partial charge is 0.495 e. The van der Waals surface area contributed by atoms with E-state index in [1.165, 1.54) is 0 Å². The van der Waals surface area contributed by atoms with Crippen molar-refractivity contribution in [3.63, 3.8) is 0 Å². The van der Waals surface area contributed by atoms with Gasteiger partial charge < -0.3 is 15.2 Å². The van der Waals surface area contributed by atoms with Gasteiger partial charge >= 0.3 is 0 Å². The third kappa shape index (κ3) is 2.82. The minimum atomic E-state index is -0.379. The number of nitrogens with zero attached hydrogens (tertiary/aromatic N) is 1. The van der Waals surface area contributed by atoms with Crippen LogP contribution in [0.1, 0.15) is 45.3 Å². The summed E-state index contributed by atoms with van der Waals surface area (Å²) >= 11 is 0. The number of hydrogen-bond donors (Lipinski definition) is 1. The summed E-state index contributed by atoms with van der Waals surface area (Å²) in [5.74, 6) is 0.718. The van der Waals surface area contributed by atoms with Gasteiger partial charge in [0.25, 0.3) is 0 Å². The molecule has 0 aliphatic rings. The van der Waals surface area contributed by atoms with Crippen LogP contribution in [0.4, 0.5) is 0 Å². The van der Waals surface area contributed by atoms with Gasteiger partial charge in [-0.1, -0.05) is 13.8 Å². The summed E-state index contributed by atoms with van der Waals surface area (Å²) in [7, 11) is 1.63. The van der Waals surface area contributed by atoms with Gasteiger partial charge in [-0.3, -0.25) is 4.98 Å². The molecule has 1 rings (SSSR count). The average Bonchev–Trinajstić information content (AvgIpc) is 2.44. The Balaban J connectivity index is 3.12.